The molecule has 0 spiro atoms. The van der Waals surface area contributed by atoms with Gasteiger partial charge in [-0.1, -0.05) is 31.5 Å². The molecule has 2 heterocycles. The Kier molecular flexibility index (Phi) is 6.21. The number of fused-ring (bicyclic) bond motifs is 1. The Morgan fingerprint density at radius 3 is 2.10 bits per heavy atom. The lowest BCUT2D eigenvalue weighted by Gasteiger charge is -2.17. The maximum Gasteiger partial charge on any atom is 0.386 e. The molecule has 0 fully saturated rings. The van der Waals surface area contributed by atoms with Crippen LogP contribution in [-0.4, -0.2) is 49.4 Å². The van der Waals surface area contributed by atoms with Gasteiger partial charge < -0.3 is 8.92 Å². The van der Waals surface area contributed by atoms with Crippen LogP contribution in [0.2, 0.25) is 0 Å². The van der Waals surface area contributed by atoms with Gasteiger partial charge in [0.15, 0.2) is 0 Å². The summed E-state index contributed by atoms with van der Waals surface area (Å²) < 4.78 is 40.3. The highest BCUT2D eigenvalue weighted by Crippen LogP contribution is 2.36. The summed E-state index contributed by atoms with van der Waals surface area (Å²) in [5, 5.41) is 0. The van der Waals surface area contributed by atoms with Gasteiger partial charge in [0, 0.05) is 14.1 Å². The highest BCUT2D eigenvalue weighted by molar-refractivity contribution is 7.84. The van der Waals surface area contributed by atoms with Crippen LogP contribution in [0.25, 0.3) is 11.1 Å². The van der Waals surface area contributed by atoms with Gasteiger partial charge >= 0.3 is 10.3 Å². The van der Waals surface area contributed by atoms with Gasteiger partial charge in [0.25, 0.3) is 5.56 Å². The van der Waals surface area contributed by atoms with E-state index in [1.165, 1.54) is 18.8 Å². The van der Waals surface area contributed by atoms with Gasteiger partial charge in [-0.2, -0.15) is 12.7 Å². The van der Waals surface area contributed by atoms with Crippen molar-refractivity contribution in [3.8, 4) is 17.0 Å². The quantitative estimate of drug-likeness (QED) is 0.709. The van der Waals surface area contributed by atoms with Crippen molar-refractivity contribution in [2.45, 2.75) is 46.7 Å². The first-order valence-electron chi connectivity index (χ1n) is 9.87. The van der Waals surface area contributed by atoms with Crippen molar-refractivity contribution in [3.05, 3.63) is 39.2 Å². The van der Waals surface area contributed by atoms with E-state index in [9.17, 15) is 13.2 Å². The molecule has 3 rings (SSSR count). The van der Waals surface area contributed by atoms with Crippen LogP contribution in [0.15, 0.2) is 16.9 Å². The van der Waals surface area contributed by atoms with E-state index in [-0.39, 0.29) is 11.4 Å². The van der Waals surface area contributed by atoms with Crippen molar-refractivity contribution < 1.29 is 17.3 Å². The van der Waals surface area contributed by atoms with Crippen LogP contribution in [0.1, 0.15) is 30.5 Å². The molecule has 0 saturated carbocycles. The first-order chi connectivity index (χ1) is 13.7. The molecule has 1 aromatic heterocycles. The van der Waals surface area contributed by atoms with Gasteiger partial charge in [0.05, 0.1) is 26.3 Å². The molecule has 0 N–H and O–H groups in total. The summed E-state index contributed by atoms with van der Waals surface area (Å²) in [4.78, 5) is 13.5. The third-order valence-corrected chi connectivity index (χ3v) is 6.44. The molecule has 9 heteroatoms. The van der Waals surface area contributed by atoms with E-state index in [1.807, 2.05) is 20.8 Å². The topological polar surface area (TPSA) is 82.8 Å². The molecule has 2 aromatic rings. The average molecular weight is 424 g/mol. The third kappa shape index (κ3) is 3.99. The molecule has 1 aliphatic rings. The van der Waals surface area contributed by atoms with Crippen LogP contribution in [-0.2, 0) is 41.0 Å². The van der Waals surface area contributed by atoms with Crippen LogP contribution >= 0.6 is 0 Å². The SMILES string of the molecule is CCc1cc(C)cc(CC)c1-c1c(OS(=O)(=O)N(C)C)n2n(c1=O)CCOCC2. The molecule has 29 heavy (non-hydrogen) atoms. The van der Waals surface area contributed by atoms with Crippen LogP contribution in [0, 0.1) is 6.92 Å². The minimum absolute atomic E-state index is 0.0578. The summed E-state index contributed by atoms with van der Waals surface area (Å²) in [6.45, 7) is 7.52. The summed E-state index contributed by atoms with van der Waals surface area (Å²) in [7, 11) is -1.24. The van der Waals surface area contributed by atoms with Crippen LogP contribution < -0.4 is 9.74 Å². The van der Waals surface area contributed by atoms with Crippen molar-refractivity contribution >= 4 is 10.3 Å². The number of benzene rings is 1. The second-order valence-corrected chi connectivity index (χ2v) is 9.09. The Morgan fingerprint density at radius 2 is 1.59 bits per heavy atom. The molecule has 160 valence electrons. The lowest BCUT2D eigenvalue weighted by atomic mass is 9.91. The summed E-state index contributed by atoms with van der Waals surface area (Å²) in [6, 6.07) is 4.10. The molecule has 1 aliphatic heterocycles. The van der Waals surface area contributed by atoms with Crippen LogP contribution in [0.5, 0.6) is 5.88 Å². The first-order valence-corrected chi connectivity index (χ1v) is 11.2. The summed E-state index contributed by atoms with van der Waals surface area (Å²) in [5.74, 6) is 0.0578. The van der Waals surface area contributed by atoms with E-state index in [2.05, 4.69) is 12.1 Å². The molecule has 0 bridgehead atoms. The zero-order valence-electron chi connectivity index (χ0n) is 17.7. The first kappa shape index (κ1) is 21.6. The summed E-state index contributed by atoms with van der Waals surface area (Å²) in [5.41, 5.74) is 3.95. The fraction of sp³-hybridized carbons (Fsp3) is 0.550. The molecule has 8 nitrogen and oxygen atoms in total. The highest BCUT2D eigenvalue weighted by Gasteiger charge is 2.31. The van der Waals surface area contributed by atoms with E-state index in [1.54, 1.807) is 4.68 Å². The molecule has 0 amide bonds. The smallest absolute Gasteiger partial charge is 0.378 e. The van der Waals surface area contributed by atoms with E-state index in [4.69, 9.17) is 8.92 Å². The minimum atomic E-state index is -4.04. The van der Waals surface area contributed by atoms with Gasteiger partial charge in [0.2, 0.25) is 5.88 Å². The summed E-state index contributed by atoms with van der Waals surface area (Å²) >= 11 is 0. The predicted octanol–water partition coefficient (Wildman–Crippen LogP) is 1.97. The molecular formula is C20H29N3O5S. The Balaban J connectivity index is 2.37. The predicted molar refractivity (Wildman–Crippen MR) is 112 cm³/mol. The molecule has 0 atom stereocenters. The number of nitrogens with zero attached hydrogens (tertiary/aromatic N) is 3. The maximum atomic E-state index is 13.5. The standard InChI is InChI=1S/C20H29N3O5S/c1-6-15-12-14(3)13-16(7-2)17(15)18-19(24)22-8-10-27-11-9-23(22)20(18)28-29(25,26)21(4)5/h12-13H,6-11H2,1-5H3. The van der Waals surface area contributed by atoms with Gasteiger partial charge in [-0.3, -0.25) is 4.79 Å². The van der Waals surface area contributed by atoms with E-state index >= 15 is 0 Å². The fourth-order valence-corrected chi connectivity index (χ4v) is 4.23. The second kappa shape index (κ2) is 8.33. The number of aromatic nitrogens is 2. The van der Waals surface area contributed by atoms with Crippen LogP contribution in [0.4, 0.5) is 0 Å². The Morgan fingerprint density at radius 1 is 1.03 bits per heavy atom. The average Bonchev–Trinajstić information content (AvgIpc) is 2.84. The zero-order valence-corrected chi connectivity index (χ0v) is 18.5. The Hall–Kier alpha value is -2.10. The van der Waals surface area contributed by atoms with Gasteiger partial charge in [0.1, 0.15) is 5.56 Å². The number of ether oxygens (including phenoxy) is 1. The number of hydrogen-bond donors (Lipinski definition) is 0. The number of hydrogen-bond acceptors (Lipinski definition) is 5. The maximum absolute atomic E-state index is 13.5. The lowest BCUT2D eigenvalue weighted by molar-refractivity contribution is 0.137. The zero-order chi connectivity index (χ0) is 21.3. The monoisotopic (exact) mass is 423 g/mol. The third-order valence-electron chi connectivity index (χ3n) is 5.17. The van der Waals surface area contributed by atoms with E-state index in [0.29, 0.717) is 31.9 Å². The van der Waals surface area contributed by atoms with Crippen molar-refractivity contribution in [2.24, 2.45) is 0 Å². The largest absolute Gasteiger partial charge is 0.386 e. The normalized spacial score (nSPS) is 14.7. The Bertz CT molecular complexity index is 1040. The summed E-state index contributed by atoms with van der Waals surface area (Å²) in [6.07, 6.45) is 1.44. The molecule has 0 aliphatic carbocycles. The molecule has 0 unspecified atom stereocenters. The molecule has 1 aromatic carbocycles. The number of aryl methyl sites for hydroxylation is 3. The Labute approximate surface area is 171 Å². The van der Waals surface area contributed by atoms with Gasteiger partial charge in [-0.05, 0) is 36.5 Å². The molecular weight excluding hydrogens is 394 g/mol. The van der Waals surface area contributed by atoms with Crippen molar-refractivity contribution in [1.29, 1.82) is 0 Å². The number of rotatable bonds is 6. The lowest BCUT2D eigenvalue weighted by Crippen LogP contribution is -2.28. The molecule has 0 radical (unpaired) electrons. The minimum Gasteiger partial charge on any atom is -0.378 e. The molecule has 0 saturated heterocycles. The van der Waals surface area contributed by atoms with Crippen molar-refractivity contribution in [2.75, 3.05) is 27.3 Å². The van der Waals surface area contributed by atoms with E-state index in [0.717, 1.165) is 39.4 Å². The van der Waals surface area contributed by atoms with Crippen LogP contribution in [0.3, 0.4) is 0 Å². The van der Waals surface area contributed by atoms with Gasteiger partial charge in [-0.15, -0.1) is 0 Å². The van der Waals surface area contributed by atoms with E-state index < -0.39 is 10.3 Å². The van der Waals surface area contributed by atoms with Crippen molar-refractivity contribution in [1.82, 2.24) is 13.7 Å². The highest BCUT2D eigenvalue weighted by atomic mass is 32.2. The fourth-order valence-electron chi connectivity index (χ4n) is 3.71. The van der Waals surface area contributed by atoms with Crippen molar-refractivity contribution in [3.63, 3.8) is 0 Å². The van der Waals surface area contributed by atoms with Gasteiger partial charge in [-0.25, -0.2) is 9.36 Å². The second-order valence-electron chi connectivity index (χ2n) is 7.33.